The Labute approximate surface area is 93.0 Å². The molecule has 1 aromatic heterocycles. The SMILES string of the molecule is N#CC(c1scc2ccccc12)C1CC1. The van der Waals surface area contributed by atoms with Gasteiger partial charge in [0.05, 0.1) is 12.0 Å². The van der Waals surface area contributed by atoms with E-state index in [1.54, 1.807) is 11.3 Å². The van der Waals surface area contributed by atoms with Crippen LogP contribution in [-0.4, -0.2) is 0 Å². The highest BCUT2D eigenvalue weighted by Gasteiger charge is 2.33. The molecule has 1 fully saturated rings. The van der Waals surface area contributed by atoms with E-state index in [-0.39, 0.29) is 5.92 Å². The highest BCUT2D eigenvalue weighted by atomic mass is 32.1. The largest absolute Gasteiger partial charge is 0.198 e. The molecule has 74 valence electrons. The minimum absolute atomic E-state index is 0.134. The average Bonchev–Trinajstić information content (AvgIpc) is 3.01. The van der Waals surface area contributed by atoms with E-state index in [1.807, 2.05) is 0 Å². The van der Waals surface area contributed by atoms with Gasteiger partial charge in [-0.05, 0) is 34.9 Å². The van der Waals surface area contributed by atoms with Crippen LogP contribution in [0.3, 0.4) is 0 Å². The number of nitrogens with zero attached hydrogens (tertiary/aromatic N) is 1. The van der Waals surface area contributed by atoms with Crippen LogP contribution in [0.2, 0.25) is 0 Å². The minimum atomic E-state index is 0.134. The van der Waals surface area contributed by atoms with Gasteiger partial charge in [0.1, 0.15) is 0 Å². The molecule has 0 radical (unpaired) electrons. The normalized spacial score (nSPS) is 17.5. The van der Waals surface area contributed by atoms with Crippen molar-refractivity contribution in [1.29, 1.82) is 5.26 Å². The van der Waals surface area contributed by atoms with Crippen molar-refractivity contribution in [2.24, 2.45) is 5.92 Å². The Hall–Kier alpha value is -1.33. The Morgan fingerprint density at radius 2 is 2.13 bits per heavy atom. The van der Waals surface area contributed by atoms with Crippen molar-refractivity contribution in [1.82, 2.24) is 0 Å². The maximum Gasteiger partial charge on any atom is 0.0840 e. The van der Waals surface area contributed by atoms with E-state index in [0.29, 0.717) is 5.92 Å². The van der Waals surface area contributed by atoms with Gasteiger partial charge in [-0.15, -0.1) is 11.3 Å². The molecule has 2 aromatic rings. The first kappa shape index (κ1) is 8.94. The number of rotatable bonds is 2. The lowest BCUT2D eigenvalue weighted by Gasteiger charge is -2.04. The van der Waals surface area contributed by atoms with E-state index >= 15 is 0 Å². The summed E-state index contributed by atoms with van der Waals surface area (Å²) in [4.78, 5) is 1.27. The van der Waals surface area contributed by atoms with E-state index in [2.05, 4.69) is 35.7 Å². The van der Waals surface area contributed by atoms with Crippen LogP contribution in [0.25, 0.3) is 10.8 Å². The van der Waals surface area contributed by atoms with E-state index in [0.717, 1.165) is 0 Å². The molecule has 2 heteroatoms. The van der Waals surface area contributed by atoms with E-state index in [4.69, 9.17) is 0 Å². The lowest BCUT2D eigenvalue weighted by molar-refractivity contribution is 0.757. The summed E-state index contributed by atoms with van der Waals surface area (Å²) in [5, 5.41) is 13.9. The molecule has 1 nitrogen and oxygen atoms in total. The van der Waals surface area contributed by atoms with E-state index < -0.39 is 0 Å². The lowest BCUT2D eigenvalue weighted by atomic mass is 10.0. The third kappa shape index (κ3) is 1.44. The van der Waals surface area contributed by atoms with Crippen LogP contribution in [0.4, 0.5) is 0 Å². The van der Waals surface area contributed by atoms with Gasteiger partial charge in [0.2, 0.25) is 0 Å². The molecule has 0 N–H and O–H groups in total. The van der Waals surface area contributed by atoms with Gasteiger partial charge >= 0.3 is 0 Å². The zero-order valence-electron chi connectivity index (χ0n) is 8.31. The molecular weight excluding hydrogens is 202 g/mol. The van der Waals surface area contributed by atoms with Gasteiger partial charge < -0.3 is 0 Å². The van der Waals surface area contributed by atoms with Crippen LogP contribution in [0, 0.1) is 17.2 Å². The number of hydrogen-bond donors (Lipinski definition) is 0. The van der Waals surface area contributed by atoms with Crippen molar-refractivity contribution < 1.29 is 0 Å². The van der Waals surface area contributed by atoms with Crippen LogP contribution in [-0.2, 0) is 0 Å². The smallest absolute Gasteiger partial charge is 0.0840 e. The summed E-state index contributed by atoms with van der Waals surface area (Å²) in [6.07, 6.45) is 2.45. The fraction of sp³-hybridized carbons (Fsp3) is 0.308. The predicted octanol–water partition coefficient (Wildman–Crippen LogP) is 3.92. The fourth-order valence-electron chi connectivity index (χ4n) is 2.06. The predicted molar refractivity (Wildman–Crippen MR) is 62.9 cm³/mol. The Balaban J connectivity index is 2.14. The first-order chi connectivity index (χ1) is 7.40. The number of hydrogen-bond acceptors (Lipinski definition) is 2. The second kappa shape index (κ2) is 3.36. The van der Waals surface area contributed by atoms with Crippen LogP contribution in [0.15, 0.2) is 29.6 Å². The van der Waals surface area contributed by atoms with Crippen molar-refractivity contribution in [2.45, 2.75) is 18.8 Å². The number of thiophene rings is 1. The zero-order valence-corrected chi connectivity index (χ0v) is 9.13. The van der Waals surface area contributed by atoms with Crippen LogP contribution >= 0.6 is 11.3 Å². The molecule has 3 rings (SSSR count). The maximum atomic E-state index is 9.22. The standard InChI is InChI=1S/C13H11NS/c14-7-12(9-5-6-9)13-11-4-2-1-3-10(11)8-15-13/h1-4,8-9,12H,5-6H2. The highest BCUT2D eigenvalue weighted by Crippen LogP contribution is 2.46. The van der Waals surface area contributed by atoms with Gasteiger partial charge in [-0.25, -0.2) is 0 Å². The first-order valence-corrected chi connectivity index (χ1v) is 6.14. The van der Waals surface area contributed by atoms with Crippen molar-refractivity contribution in [3.63, 3.8) is 0 Å². The summed E-state index contributed by atoms with van der Waals surface area (Å²) in [6, 6.07) is 10.8. The molecule has 0 bridgehead atoms. The monoisotopic (exact) mass is 213 g/mol. The second-order valence-corrected chi connectivity index (χ2v) is 5.04. The van der Waals surface area contributed by atoms with Gasteiger partial charge in [0.15, 0.2) is 0 Å². The summed E-state index contributed by atoms with van der Waals surface area (Å²) in [7, 11) is 0. The summed E-state index contributed by atoms with van der Waals surface area (Å²) in [6.45, 7) is 0. The molecule has 1 aromatic carbocycles. The Kier molecular flexibility index (Phi) is 2.00. The summed E-state index contributed by atoms with van der Waals surface area (Å²) in [5.74, 6) is 0.756. The van der Waals surface area contributed by atoms with Crippen LogP contribution in [0.1, 0.15) is 23.6 Å². The van der Waals surface area contributed by atoms with Gasteiger partial charge in [-0.2, -0.15) is 5.26 Å². The molecule has 1 atom stereocenters. The van der Waals surface area contributed by atoms with Crippen LogP contribution < -0.4 is 0 Å². The third-order valence-corrected chi connectivity index (χ3v) is 4.15. The van der Waals surface area contributed by atoms with E-state index in [1.165, 1.54) is 28.5 Å². The molecule has 1 unspecified atom stereocenters. The summed E-state index contributed by atoms with van der Waals surface area (Å²) >= 11 is 1.74. The number of fused-ring (bicyclic) bond motifs is 1. The minimum Gasteiger partial charge on any atom is -0.198 e. The quantitative estimate of drug-likeness (QED) is 0.741. The molecule has 15 heavy (non-hydrogen) atoms. The summed E-state index contributed by atoms with van der Waals surface area (Å²) < 4.78 is 0. The van der Waals surface area contributed by atoms with E-state index in [9.17, 15) is 5.26 Å². The number of nitriles is 1. The summed E-state index contributed by atoms with van der Waals surface area (Å²) in [5.41, 5.74) is 0. The van der Waals surface area contributed by atoms with Gasteiger partial charge in [0, 0.05) is 4.88 Å². The molecule has 1 saturated carbocycles. The topological polar surface area (TPSA) is 23.8 Å². The van der Waals surface area contributed by atoms with Crippen LogP contribution in [0.5, 0.6) is 0 Å². The Morgan fingerprint density at radius 3 is 2.87 bits per heavy atom. The second-order valence-electron chi connectivity index (χ2n) is 4.13. The van der Waals surface area contributed by atoms with Gasteiger partial charge in [-0.1, -0.05) is 24.3 Å². The van der Waals surface area contributed by atoms with Crippen molar-refractivity contribution in [3.05, 3.63) is 34.5 Å². The fourth-order valence-corrected chi connectivity index (χ4v) is 3.23. The average molecular weight is 213 g/mol. The molecule has 0 aliphatic heterocycles. The highest BCUT2D eigenvalue weighted by molar-refractivity contribution is 7.11. The zero-order chi connectivity index (χ0) is 10.3. The Bertz CT molecular complexity index is 531. The maximum absolute atomic E-state index is 9.22. The van der Waals surface area contributed by atoms with Crippen molar-refractivity contribution in [2.75, 3.05) is 0 Å². The van der Waals surface area contributed by atoms with Gasteiger partial charge in [-0.3, -0.25) is 0 Å². The molecule has 0 amide bonds. The van der Waals surface area contributed by atoms with Gasteiger partial charge in [0.25, 0.3) is 0 Å². The van der Waals surface area contributed by atoms with Crippen molar-refractivity contribution in [3.8, 4) is 6.07 Å². The third-order valence-electron chi connectivity index (χ3n) is 3.05. The Morgan fingerprint density at radius 1 is 1.33 bits per heavy atom. The lowest BCUT2D eigenvalue weighted by Crippen LogP contribution is -1.94. The molecule has 0 saturated heterocycles. The molecule has 1 heterocycles. The molecule has 0 spiro atoms. The molecular formula is C13H11NS. The molecule has 1 aliphatic carbocycles. The molecule has 1 aliphatic rings. The van der Waals surface area contributed by atoms with Crippen molar-refractivity contribution >= 4 is 22.1 Å². The number of benzene rings is 1. The first-order valence-electron chi connectivity index (χ1n) is 5.26.